The minimum Gasteiger partial charge on any atom is -0.497 e. The van der Waals surface area contributed by atoms with E-state index in [-0.39, 0.29) is 30.6 Å². The van der Waals surface area contributed by atoms with Crippen molar-refractivity contribution in [3.8, 4) is 5.75 Å². The quantitative estimate of drug-likeness (QED) is 0.474. The van der Waals surface area contributed by atoms with Gasteiger partial charge >= 0.3 is 12.1 Å². The molecule has 33 heavy (non-hydrogen) atoms. The van der Waals surface area contributed by atoms with Crippen LogP contribution in [0, 0.1) is 11.8 Å². The summed E-state index contributed by atoms with van der Waals surface area (Å²) in [6.45, 7) is 6.10. The van der Waals surface area contributed by atoms with Gasteiger partial charge in [0.2, 0.25) is 0 Å². The Morgan fingerprint density at radius 3 is 2.58 bits per heavy atom. The molecule has 0 saturated carbocycles. The third kappa shape index (κ3) is 6.00. The number of ether oxygens (including phenoxy) is 3. The number of fused-ring (bicyclic) bond motifs is 1. The summed E-state index contributed by atoms with van der Waals surface area (Å²) in [5, 5.41) is 0.742. The minimum atomic E-state index is -0.614. The van der Waals surface area contributed by atoms with Crippen molar-refractivity contribution in [2.24, 2.45) is 11.8 Å². The summed E-state index contributed by atoms with van der Waals surface area (Å²) in [4.78, 5) is 44.0. The van der Waals surface area contributed by atoms with Crippen molar-refractivity contribution < 1.29 is 28.6 Å². The summed E-state index contributed by atoms with van der Waals surface area (Å²) in [5.74, 6) is -0.306. The van der Waals surface area contributed by atoms with Crippen molar-refractivity contribution in [3.05, 3.63) is 36.0 Å². The highest BCUT2D eigenvalue weighted by atomic mass is 16.6. The fraction of sp³-hybridized carbons (Fsp3) is 0.520. The van der Waals surface area contributed by atoms with Crippen molar-refractivity contribution in [2.75, 3.05) is 27.3 Å². The van der Waals surface area contributed by atoms with E-state index in [2.05, 4.69) is 4.98 Å². The Kier molecular flexibility index (Phi) is 7.56. The third-order valence-electron chi connectivity index (χ3n) is 5.90. The number of nitrogens with zero attached hydrogens (tertiary/aromatic N) is 2. The number of benzene rings is 1. The smallest absolute Gasteiger partial charge is 0.410 e. The van der Waals surface area contributed by atoms with Crippen molar-refractivity contribution >= 4 is 28.7 Å². The van der Waals surface area contributed by atoms with Gasteiger partial charge in [0.25, 0.3) is 0 Å². The Hall–Kier alpha value is -3.16. The van der Waals surface area contributed by atoms with Crippen molar-refractivity contribution in [1.29, 1.82) is 0 Å². The second-order valence-corrected chi connectivity index (χ2v) is 9.31. The van der Waals surface area contributed by atoms with Crippen LogP contribution in [0.4, 0.5) is 4.79 Å². The summed E-state index contributed by atoms with van der Waals surface area (Å²) >= 11 is 0. The highest BCUT2D eigenvalue weighted by molar-refractivity contribution is 6.07. The molecule has 1 saturated heterocycles. The first kappa shape index (κ1) is 24.5. The molecule has 0 radical (unpaired) electrons. The molecule has 1 aliphatic rings. The fourth-order valence-electron chi connectivity index (χ4n) is 4.20. The van der Waals surface area contributed by atoms with Gasteiger partial charge in [0.15, 0.2) is 5.78 Å². The summed E-state index contributed by atoms with van der Waals surface area (Å²) < 4.78 is 15.7. The van der Waals surface area contributed by atoms with E-state index in [0.717, 1.165) is 10.9 Å². The number of amides is 1. The zero-order valence-electron chi connectivity index (χ0n) is 19.9. The lowest BCUT2D eigenvalue weighted by Crippen LogP contribution is -2.48. The Bertz CT molecular complexity index is 1030. The predicted octanol–water partition coefficient (Wildman–Crippen LogP) is 4.25. The average Bonchev–Trinajstić information content (AvgIpc) is 2.79. The van der Waals surface area contributed by atoms with Gasteiger partial charge in [-0.15, -0.1) is 0 Å². The molecule has 1 amide bonds. The van der Waals surface area contributed by atoms with Gasteiger partial charge in [0.05, 0.1) is 25.7 Å². The Morgan fingerprint density at radius 2 is 1.91 bits per heavy atom. The number of esters is 1. The second-order valence-electron chi connectivity index (χ2n) is 9.31. The highest BCUT2D eigenvalue weighted by Crippen LogP contribution is 2.31. The number of rotatable bonds is 6. The van der Waals surface area contributed by atoms with Gasteiger partial charge in [-0.25, -0.2) is 4.79 Å². The molecule has 1 aliphatic heterocycles. The summed E-state index contributed by atoms with van der Waals surface area (Å²) in [5.41, 5.74) is 0.691. The van der Waals surface area contributed by atoms with E-state index in [4.69, 9.17) is 14.2 Å². The van der Waals surface area contributed by atoms with Crippen LogP contribution in [0.5, 0.6) is 5.75 Å². The van der Waals surface area contributed by atoms with E-state index >= 15 is 0 Å². The molecule has 2 unspecified atom stereocenters. The standard InChI is InChI=1S/C25H32N2O6/c1-25(2,3)33-24(30)27-13-11-16(20(15-27)23(29)32-5)6-9-22(28)18-10-12-26-21-8-7-17(31-4)14-19(18)21/h7-8,10,12,14,16,20H,6,9,11,13,15H2,1-5H3. The lowest BCUT2D eigenvalue weighted by Gasteiger charge is -2.37. The topological polar surface area (TPSA) is 95.0 Å². The van der Waals surface area contributed by atoms with Gasteiger partial charge in [-0.2, -0.15) is 0 Å². The van der Waals surface area contributed by atoms with Gasteiger partial charge in [-0.1, -0.05) is 0 Å². The lowest BCUT2D eigenvalue weighted by atomic mass is 9.81. The number of pyridine rings is 1. The Labute approximate surface area is 194 Å². The number of hydrogen-bond donors (Lipinski definition) is 0. The maximum Gasteiger partial charge on any atom is 0.410 e. The first-order valence-corrected chi connectivity index (χ1v) is 11.1. The van der Waals surface area contributed by atoms with E-state index in [1.807, 2.05) is 18.2 Å². The zero-order chi connectivity index (χ0) is 24.2. The average molecular weight is 457 g/mol. The number of methoxy groups -OCH3 is 2. The van der Waals surface area contributed by atoms with Crippen LogP contribution in [0.1, 0.15) is 50.4 Å². The summed E-state index contributed by atoms with van der Waals surface area (Å²) in [6, 6.07) is 7.16. The number of Topliss-reactive ketones (excluding diaryl/α,β-unsaturated/α-hetero) is 1. The van der Waals surface area contributed by atoms with Crippen LogP contribution in [0.2, 0.25) is 0 Å². The molecular weight excluding hydrogens is 424 g/mol. The number of aromatic nitrogens is 1. The number of likely N-dealkylation sites (tertiary alicyclic amines) is 1. The normalized spacial score (nSPS) is 18.6. The monoisotopic (exact) mass is 456 g/mol. The molecule has 0 spiro atoms. The summed E-state index contributed by atoms with van der Waals surface area (Å²) in [6.07, 6.45) is 2.58. The molecule has 0 N–H and O–H groups in total. The molecule has 0 bridgehead atoms. The number of hydrogen-bond acceptors (Lipinski definition) is 7. The van der Waals surface area contributed by atoms with E-state index in [1.54, 1.807) is 45.0 Å². The van der Waals surface area contributed by atoms with Crippen molar-refractivity contribution in [1.82, 2.24) is 9.88 Å². The lowest BCUT2D eigenvalue weighted by molar-refractivity contribution is -0.149. The van der Waals surface area contributed by atoms with E-state index in [9.17, 15) is 14.4 Å². The van der Waals surface area contributed by atoms with E-state index in [1.165, 1.54) is 7.11 Å². The molecule has 1 aromatic carbocycles. The van der Waals surface area contributed by atoms with E-state index < -0.39 is 17.6 Å². The van der Waals surface area contributed by atoms with Crippen LogP contribution in [0.25, 0.3) is 10.9 Å². The second kappa shape index (κ2) is 10.2. The number of carbonyl (C=O) groups excluding carboxylic acids is 3. The fourth-order valence-corrected chi connectivity index (χ4v) is 4.20. The SMILES string of the molecule is COC(=O)C1CN(C(=O)OC(C)(C)C)CCC1CCC(=O)c1ccnc2ccc(OC)cc12. The van der Waals surface area contributed by atoms with Crippen molar-refractivity contribution in [2.45, 2.75) is 45.6 Å². The molecule has 0 aliphatic carbocycles. The minimum absolute atomic E-state index is 0.0196. The highest BCUT2D eigenvalue weighted by Gasteiger charge is 2.38. The molecule has 8 nitrogen and oxygen atoms in total. The largest absolute Gasteiger partial charge is 0.497 e. The molecule has 2 aromatic rings. The van der Waals surface area contributed by atoms with Crippen molar-refractivity contribution in [3.63, 3.8) is 0 Å². The van der Waals surface area contributed by atoms with E-state index in [0.29, 0.717) is 30.7 Å². The molecular formula is C25H32N2O6. The maximum atomic E-state index is 13.1. The van der Waals surface area contributed by atoms with Gasteiger partial charge in [0.1, 0.15) is 11.4 Å². The van der Waals surface area contributed by atoms with Crippen LogP contribution in [0.15, 0.2) is 30.5 Å². The molecule has 1 fully saturated rings. The van der Waals surface area contributed by atoms with Gasteiger partial charge in [0, 0.05) is 36.7 Å². The Balaban J connectivity index is 1.71. The molecule has 2 heterocycles. The maximum absolute atomic E-state index is 13.1. The molecule has 8 heteroatoms. The van der Waals surface area contributed by atoms with Crippen LogP contribution in [0.3, 0.4) is 0 Å². The third-order valence-corrected chi connectivity index (χ3v) is 5.90. The van der Waals surface area contributed by atoms with Crippen LogP contribution >= 0.6 is 0 Å². The van der Waals surface area contributed by atoms with Crippen LogP contribution in [-0.2, 0) is 14.3 Å². The number of ketones is 1. The van der Waals surface area contributed by atoms with Gasteiger partial charge < -0.3 is 19.1 Å². The summed E-state index contributed by atoms with van der Waals surface area (Å²) in [7, 11) is 2.92. The predicted molar refractivity (Wildman–Crippen MR) is 123 cm³/mol. The molecule has 178 valence electrons. The van der Waals surface area contributed by atoms with Gasteiger partial charge in [-0.05, 0) is 63.8 Å². The van der Waals surface area contributed by atoms with Crippen LogP contribution in [-0.4, -0.2) is 60.6 Å². The molecule has 3 rings (SSSR count). The van der Waals surface area contributed by atoms with Gasteiger partial charge in [-0.3, -0.25) is 14.6 Å². The number of carbonyl (C=O) groups is 3. The molecule has 1 aromatic heterocycles. The number of piperidine rings is 1. The van der Waals surface area contributed by atoms with Crippen LogP contribution < -0.4 is 4.74 Å². The zero-order valence-corrected chi connectivity index (χ0v) is 19.9. The first-order valence-electron chi connectivity index (χ1n) is 11.1. The molecule has 2 atom stereocenters. The first-order chi connectivity index (χ1) is 15.6. The Morgan fingerprint density at radius 1 is 1.15 bits per heavy atom.